The van der Waals surface area contributed by atoms with Crippen molar-refractivity contribution in [2.24, 2.45) is 10.2 Å². The van der Waals surface area contributed by atoms with Crippen LogP contribution in [0.3, 0.4) is 0 Å². The summed E-state index contributed by atoms with van der Waals surface area (Å²) < 4.78 is 2.57. The topological polar surface area (TPSA) is 107 Å². The molecular weight excluding hydrogens is 398 g/mol. The number of anilines is 2. The summed E-state index contributed by atoms with van der Waals surface area (Å²) in [5.41, 5.74) is 2.70. The second kappa shape index (κ2) is 7.88. The third-order valence-electron chi connectivity index (χ3n) is 4.44. The molecule has 1 N–H and O–H groups in total. The van der Waals surface area contributed by atoms with Gasteiger partial charge in [-0.05, 0) is 30.7 Å². The summed E-state index contributed by atoms with van der Waals surface area (Å²) in [6.45, 7) is 1.94. The number of hydrogen-bond donors (Lipinski definition) is 1. The predicted molar refractivity (Wildman–Crippen MR) is 118 cm³/mol. The minimum absolute atomic E-state index is 0.319. The maximum atomic E-state index is 9.52. The van der Waals surface area contributed by atoms with E-state index < -0.39 is 0 Å². The number of fused-ring (bicyclic) bond motifs is 1. The van der Waals surface area contributed by atoms with Crippen molar-refractivity contribution >= 4 is 44.7 Å². The molecule has 0 atom stereocenters. The fourth-order valence-electron chi connectivity index (χ4n) is 2.88. The largest absolute Gasteiger partial charge is 0.371 e. The van der Waals surface area contributed by atoms with Gasteiger partial charge in [0.15, 0.2) is 11.6 Å². The number of aryl methyl sites for hydroxylation is 1. The van der Waals surface area contributed by atoms with Crippen LogP contribution in [0, 0.1) is 18.3 Å². The van der Waals surface area contributed by atoms with Gasteiger partial charge in [-0.3, -0.25) is 0 Å². The molecule has 0 fully saturated rings. The number of para-hydroxylation sites is 1. The molecule has 0 saturated heterocycles. The second-order valence-corrected chi connectivity index (χ2v) is 7.72. The molecule has 0 spiro atoms. The Bertz CT molecular complexity index is 1260. The molecule has 3 aromatic heterocycles. The Morgan fingerprint density at radius 3 is 2.70 bits per heavy atom. The van der Waals surface area contributed by atoms with E-state index in [1.165, 1.54) is 17.5 Å². The standard InChI is InChI=1S/C20H19N9S/c1-12-9-16(28(3)4)25-18(22-2)17(12)26-27-19-13(10-21)11-23-29(19)20-24-14-7-5-6-8-15(14)30-20/h5-9,11H,1-4H3,(H,22,25)/b27-26+. The van der Waals surface area contributed by atoms with E-state index in [2.05, 4.69) is 36.7 Å². The lowest BCUT2D eigenvalue weighted by Crippen LogP contribution is -2.11. The third kappa shape index (κ3) is 3.46. The number of rotatable bonds is 5. The van der Waals surface area contributed by atoms with Crippen LogP contribution in [0.1, 0.15) is 11.1 Å². The van der Waals surface area contributed by atoms with E-state index in [9.17, 15) is 5.26 Å². The number of pyridine rings is 1. The Labute approximate surface area is 177 Å². The highest BCUT2D eigenvalue weighted by Gasteiger charge is 2.16. The quantitative estimate of drug-likeness (QED) is 0.476. The minimum atomic E-state index is 0.319. The van der Waals surface area contributed by atoms with E-state index in [0.717, 1.165) is 21.6 Å². The van der Waals surface area contributed by atoms with Crippen LogP contribution in [0.5, 0.6) is 0 Å². The number of nitrogens with zero attached hydrogens (tertiary/aromatic N) is 8. The molecular formula is C20H19N9S. The van der Waals surface area contributed by atoms with Crippen LogP contribution < -0.4 is 10.2 Å². The molecule has 0 aliphatic rings. The molecule has 150 valence electrons. The maximum absolute atomic E-state index is 9.52. The lowest BCUT2D eigenvalue weighted by molar-refractivity contribution is 0.862. The molecule has 0 aliphatic heterocycles. The van der Waals surface area contributed by atoms with Crippen molar-refractivity contribution in [1.82, 2.24) is 19.7 Å². The van der Waals surface area contributed by atoms with Gasteiger partial charge in [0.05, 0.1) is 16.4 Å². The zero-order chi connectivity index (χ0) is 21.3. The average molecular weight is 418 g/mol. The number of hydrogen-bond acceptors (Lipinski definition) is 9. The van der Waals surface area contributed by atoms with E-state index >= 15 is 0 Å². The van der Waals surface area contributed by atoms with Crippen LogP contribution in [0.2, 0.25) is 0 Å². The van der Waals surface area contributed by atoms with E-state index in [-0.39, 0.29) is 0 Å². The Morgan fingerprint density at radius 2 is 2.00 bits per heavy atom. The van der Waals surface area contributed by atoms with Crippen LogP contribution >= 0.6 is 11.3 Å². The van der Waals surface area contributed by atoms with Crippen molar-refractivity contribution in [2.45, 2.75) is 6.92 Å². The summed E-state index contributed by atoms with van der Waals surface area (Å²) in [5, 5.41) is 26.3. The molecule has 1 aromatic carbocycles. The SMILES string of the molecule is CNc1nc(N(C)C)cc(C)c1/N=N/c1c(C#N)cnn1-c1nc2ccccc2s1. The molecule has 30 heavy (non-hydrogen) atoms. The van der Waals surface area contributed by atoms with E-state index in [1.54, 1.807) is 11.7 Å². The van der Waals surface area contributed by atoms with E-state index in [4.69, 9.17) is 0 Å². The highest BCUT2D eigenvalue weighted by molar-refractivity contribution is 7.20. The molecule has 9 nitrogen and oxygen atoms in total. The summed E-state index contributed by atoms with van der Waals surface area (Å²) in [6.07, 6.45) is 1.47. The second-order valence-electron chi connectivity index (χ2n) is 6.71. The zero-order valence-electron chi connectivity index (χ0n) is 17.0. The predicted octanol–water partition coefficient (Wildman–Crippen LogP) is 4.58. The Balaban J connectivity index is 1.80. The first-order valence-corrected chi connectivity index (χ1v) is 9.96. The molecule has 0 bridgehead atoms. The first-order valence-electron chi connectivity index (χ1n) is 9.14. The zero-order valence-corrected chi connectivity index (χ0v) is 17.8. The lowest BCUT2D eigenvalue weighted by Gasteiger charge is -2.15. The van der Waals surface area contributed by atoms with Crippen molar-refractivity contribution < 1.29 is 0 Å². The number of nitriles is 1. The van der Waals surface area contributed by atoms with Crippen LogP contribution in [-0.4, -0.2) is 40.9 Å². The normalized spacial score (nSPS) is 11.2. The maximum Gasteiger partial charge on any atom is 0.213 e. The van der Waals surface area contributed by atoms with Gasteiger partial charge in [-0.25, -0.2) is 9.97 Å². The molecule has 4 rings (SSSR count). The average Bonchev–Trinajstić information content (AvgIpc) is 3.35. The smallest absolute Gasteiger partial charge is 0.213 e. The number of nitrogens with one attached hydrogen (secondary N) is 1. The highest BCUT2D eigenvalue weighted by Crippen LogP contribution is 2.34. The summed E-state index contributed by atoms with van der Waals surface area (Å²) >= 11 is 1.47. The molecule has 0 saturated carbocycles. The van der Waals surface area contributed by atoms with Crippen molar-refractivity contribution in [3.63, 3.8) is 0 Å². The van der Waals surface area contributed by atoms with Crippen LogP contribution in [0.25, 0.3) is 15.3 Å². The fourth-order valence-corrected chi connectivity index (χ4v) is 3.81. The van der Waals surface area contributed by atoms with Gasteiger partial charge < -0.3 is 10.2 Å². The fraction of sp³-hybridized carbons (Fsp3) is 0.200. The van der Waals surface area contributed by atoms with Gasteiger partial charge in [0.25, 0.3) is 0 Å². The Morgan fingerprint density at radius 1 is 1.20 bits per heavy atom. The van der Waals surface area contributed by atoms with Crippen molar-refractivity contribution in [3.05, 3.63) is 47.7 Å². The third-order valence-corrected chi connectivity index (χ3v) is 5.45. The van der Waals surface area contributed by atoms with Gasteiger partial charge in [-0.15, -0.1) is 10.2 Å². The summed E-state index contributed by atoms with van der Waals surface area (Å²) in [4.78, 5) is 11.1. The minimum Gasteiger partial charge on any atom is -0.371 e. The van der Waals surface area contributed by atoms with E-state index in [0.29, 0.717) is 28.0 Å². The molecule has 0 aliphatic carbocycles. The van der Waals surface area contributed by atoms with Crippen LogP contribution in [0.15, 0.2) is 46.8 Å². The van der Waals surface area contributed by atoms with Gasteiger partial charge in [-0.2, -0.15) is 15.0 Å². The summed E-state index contributed by atoms with van der Waals surface area (Å²) in [5.74, 6) is 1.75. The number of benzene rings is 1. The molecule has 3 heterocycles. The monoisotopic (exact) mass is 417 g/mol. The highest BCUT2D eigenvalue weighted by atomic mass is 32.1. The van der Waals surface area contributed by atoms with Crippen LogP contribution in [0.4, 0.5) is 23.1 Å². The Hall–Kier alpha value is -3.84. The van der Waals surface area contributed by atoms with Crippen molar-refractivity contribution in [1.29, 1.82) is 5.26 Å². The lowest BCUT2D eigenvalue weighted by atomic mass is 10.2. The summed E-state index contributed by atoms with van der Waals surface area (Å²) in [7, 11) is 5.64. The van der Waals surface area contributed by atoms with Crippen molar-refractivity contribution in [3.8, 4) is 11.2 Å². The first-order chi connectivity index (χ1) is 14.5. The molecule has 0 amide bonds. The Kier molecular flexibility index (Phi) is 5.12. The van der Waals surface area contributed by atoms with Gasteiger partial charge in [0, 0.05) is 21.1 Å². The van der Waals surface area contributed by atoms with E-state index in [1.807, 2.05) is 56.3 Å². The van der Waals surface area contributed by atoms with Gasteiger partial charge in [0.1, 0.15) is 23.1 Å². The number of thiazole rings is 1. The molecule has 0 unspecified atom stereocenters. The molecule has 10 heteroatoms. The van der Waals surface area contributed by atoms with Crippen LogP contribution in [-0.2, 0) is 0 Å². The van der Waals surface area contributed by atoms with Gasteiger partial charge >= 0.3 is 0 Å². The number of azo groups is 1. The number of aromatic nitrogens is 4. The molecule has 0 radical (unpaired) electrons. The molecule has 4 aromatic rings. The van der Waals surface area contributed by atoms with Gasteiger partial charge in [-0.1, -0.05) is 23.5 Å². The van der Waals surface area contributed by atoms with Crippen molar-refractivity contribution in [2.75, 3.05) is 31.4 Å². The first kappa shape index (κ1) is 19.5. The van der Waals surface area contributed by atoms with Gasteiger partial charge in [0.2, 0.25) is 5.13 Å². The summed E-state index contributed by atoms with van der Waals surface area (Å²) in [6, 6.07) is 11.9.